The van der Waals surface area contributed by atoms with Crippen LogP contribution in [0.1, 0.15) is 45.7 Å². The summed E-state index contributed by atoms with van der Waals surface area (Å²) in [6.07, 6.45) is 0.545. The van der Waals surface area contributed by atoms with Crippen LogP contribution in [0, 0.1) is 5.41 Å². The highest BCUT2D eigenvalue weighted by molar-refractivity contribution is 7.91. The van der Waals surface area contributed by atoms with Crippen molar-refractivity contribution in [3.8, 4) is 0 Å². The van der Waals surface area contributed by atoms with Crippen LogP contribution < -0.4 is 5.32 Å². The van der Waals surface area contributed by atoms with E-state index in [1.165, 1.54) is 0 Å². The van der Waals surface area contributed by atoms with Crippen molar-refractivity contribution in [1.82, 2.24) is 10.2 Å². The third-order valence-corrected chi connectivity index (χ3v) is 6.52. The third-order valence-electron chi connectivity index (χ3n) is 4.77. The topological polar surface area (TPSA) is 66.5 Å². The monoisotopic (exact) mass is 366 g/mol. The van der Waals surface area contributed by atoms with Crippen molar-refractivity contribution in [1.29, 1.82) is 0 Å². The summed E-state index contributed by atoms with van der Waals surface area (Å²) in [6, 6.07) is 9.97. The molecule has 1 fully saturated rings. The average molecular weight is 367 g/mol. The summed E-state index contributed by atoms with van der Waals surface area (Å²) >= 11 is 0. The van der Waals surface area contributed by atoms with E-state index >= 15 is 0 Å². The van der Waals surface area contributed by atoms with Gasteiger partial charge < -0.3 is 10.2 Å². The lowest BCUT2D eigenvalue weighted by Crippen LogP contribution is -2.46. The van der Waals surface area contributed by atoms with Gasteiger partial charge in [0.2, 0.25) is 5.91 Å². The Kier molecular flexibility index (Phi) is 6.27. The van der Waals surface area contributed by atoms with Gasteiger partial charge in [0, 0.05) is 18.6 Å². The minimum Gasteiger partial charge on any atom is -0.338 e. The molecule has 0 spiro atoms. The Morgan fingerprint density at radius 1 is 1.28 bits per heavy atom. The first-order valence-corrected chi connectivity index (χ1v) is 10.7. The summed E-state index contributed by atoms with van der Waals surface area (Å²) in [5, 5.41) is 3.39. The minimum atomic E-state index is -3.00. The van der Waals surface area contributed by atoms with Crippen LogP contribution in [-0.2, 0) is 14.6 Å². The highest BCUT2D eigenvalue weighted by atomic mass is 32.2. The van der Waals surface area contributed by atoms with Crippen LogP contribution >= 0.6 is 0 Å². The van der Waals surface area contributed by atoms with E-state index in [1.54, 1.807) is 4.90 Å². The number of nitrogens with zero attached hydrogens (tertiary/aromatic N) is 1. The zero-order valence-electron chi connectivity index (χ0n) is 15.7. The fourth-order valence-corrected chi connectivity index (χ4v) is 5.25. The first-order chi connectivity index (χ1) is 11.6. The van der Waals surface area contributed by atoms with Crippen molar-refractivity contribution in [2.45, 2.75) is 46.2 Å². The van der Waals surface area contributed by atoms with Gasteiger partial charge in [-0.15, -0.1) is 0 Å². The van der Waals surface area contributed by atoms with E-state index in [0.29, 0.717) is 13.0 Å². The largest absolute Gasteiger partial charge is 0.338 e. The number of hydrogen-bond acceptors (Lipinski definition) is 4. The Morgan fingerprint density at radius 2 is 1.92 bits per heavy atom. The maximum atomic E-state index is 12.7. The van der Waals surface area contributed by atoms with Crippen LogP contribution in [-0.4, -0.2) is 49.9 Å². The van der Waals surface area contributed by atoms with Gasteiger partial charge in [-0.05, 0) is 24.3 Å². The molecule has 1 aliphatic rings. The number of carbonyl (C=O) groups is 1. The van der Waals surface area contributed by atoms with Gasteiger partial charge in [0.1, 0.15) is 0 Å². The fraction of sp³-hybridized carbons (Fsp3) is 0.632. The number of sulfone groups is 1. The molecule has 2 rings (SSSR count). The van der Waals surface area contributed by atoms with Gasteiger partial charge in [0.25, 0.3) is 0 Å². The van der Waals surface area contributed by atoms with E-state index in [4.69, 9.17) is 0 Å². The van der Waals surface area contributed by atoms with E-state index in [0.717, 1.165) is 5.56 Å². The Labute approximate surface area is 151 Å². The molecule has 5 nitrogen and oxygen atoms in total. The van der Waals surface area contributed by atoms with E-state index in [-0.39, 0.29) is 41.5 Å². The number of amides is 1. The lowest BCUT2D eigenvalue weighted by molar-refractivity contribution is -0.132. The van der Waals surface area contributed by atoms with Crippen LogP contribution in [0.15, 0.2) is 30.3 Å². The molecule has 25 heavy (non-hydrogen) atoms. The second-order valence-electron chi connectivity index (χ2n) is 7.83. The molecule has 1 amide bonds. The van der Waals surface area contributed by atoms with E-state index < -0.39 is 9.84 Å². The van der Waals surface area contributed by atoms with Crippen molar-refractivity contribution >= 4 is 15.7 Å². The minimum absolute atomic E-state index is 0.0326. The molecule has 1 aliphatic heterocycles. The van der Waals surface area contributed by atoms with Crippen LogP contribution in [0.3, 0.4) is 0 Å². The molecule has 1 heterocycles. The van der Waals surface area contributed by atoms with E-state index in [1.807, 2.05) is 25.1 Å². The number of hydrogen-bond donors (Lipinski definition) is 1. The highest BCUT2D eigenvalue weighted by Crippen LogP contribution is 2.32. The van der Waals surface area contributed by atoms with Gasteiger partial charge >= 0.3 is 0 Å². The number of carbonyl (C=O) groups excluding carboxylic acids is 1. The molecule has 1 N–H and O–H groups in total. The summed E-state index contributed by atoms with van der Waals surface area (Å²) in [6.45, 7) is 9.07. The van der Waals surface area contributed by atoms with Crippen LogP contribution in [0.25, 0.3) is 0 Å². The van der Waals surface area contributed by atoms with Crippen LogP contribution in [0.2, 0.25) is 0 Å². The molecule has 1 saturated heterocycles. The standard InChI is InChI=1S/C19H30N2O3S/c1-5-21(16-11-12-25(23,24)14-16)17(22)13-20-18(19(2,3)4)15-9-7-6-8-10-15/h6-10,16,18,20H,5,11-14H2,1-4H3. The summed E-state index contributed by atoms with van der Waals surface area (Å²) in [5.74, 6) is 0.243. The van der Waals surface area contributed by atoms with E-state index in [2.05, 4.69) is 38.2 Å². The van der Waals surface area contributed by atoms with Crippen LogP contribution in [0.5, 0.6) is 0 Å². The first-order valence-electron chi connectivity index (χ1n) is 8.92. The van der Waals surface area contributed by atoms with Gasteiger partial charge in [0.05, 0.1) is 18.1 Å². The van der Waals surface area contributed by atoms with Crippen molar-refractivity contribution < 1.29 is 13.2 Å². The Balaban J connectivity index is 2.05. The van der Waals surface area contributed by atoms with Gasteiger partial charge in [-0.3, -0.25) is 4.79 Å². The fourth-order valence-electron chi connectivity index (χ4n) is 3.52. The summed E-state index contributed by atoms with van der Waals surface area (Å²) in [7, 11) is -3.00. The van der Waals surface area contributed by atoms with Crippen molar-refractivity contribution in [2.24, 2.45) is 5.41 Å². The predicted octanol–water partition coefficient (Wildman–Crippen LogP) is 2.40. The SMILES string of the molecule is CCN(C(=O)CNC(c1ccccc1)C(C)(C)C)C1CCS(=O)(=O)C1. The Morgan fingerprint density at radius 3 is 2.40 bits per heavy atom. The molecule has 0 aliphatic carbocycles. The molecule has 140 valence electrons. The maximum absolute atomic E-state index is 12.7. The molecule has 2 atom stereocenters. The number of benzene rings is 1. The molecule has 1 aromatic carbocycles. The van der Waals surface area contributed by atoms with Crippen molar-refractivity contribution in [3.63, 3.8) is 0 Å². The smallest absolute Gasteiger partial charge is 0.236 e. The van der Waals surface area contributed by atoms with Gasteiger partial charge in [-0.25, -0.2) is 8.42 Å². The number of rotatable bonds is 6. The molecule has 0 saturated carbocycles. The number of nitrogens with one attached hydrogen (secondary N) is 1. The molecule has 1 aromatic rings. The first kappa shape index (κ1) is 19.9. The van der Waals surface area contributed by atoms with Crippen molar-refractivity contribution in [3.05, 3.63) is 35.9 Å². The summed E-state index contributed by atoms with van der Waals surface area (Å²) in [4.78, 5) is 14.4. The quantitative estimate of drug-likeness (QED) is 0.839. The average Bonchev–Trinajstić information content (AvgIpc) is 2.88. The molecule has 2 unspecified atom stereocenters. The summed E-state index contributed by atoms with van der Waals surface area (Å²) in [5.41, 5.74) is 1.10. The van der Waals surface area contributed by atoms with Gasteiger partial charge in [0.15, 0.2) is 9.84 Å². The maximum Gasteiger partial charge on any atom is 0.236 e. The lowest BCUT2D eigenvalue weighted by Gasteiger charge is -2.33. The van der Waals surface area contributed by atoms with Crippen molar-refractivity contribution in [2.75, 3.05) is 24.6 Å². The molecule has 0 aromatic heterocycles. The van der Waals surface area contributed by atoms with Gasteiger partial charge in [-0.2, -0.15) is 0 Å². The molecule has 6 heteroatoms. The summed E-state index contributed by atoms with van der Waals surface area (Å²) < 4.78 is 23.4. The second-order valence-corrected chi connectivity index (χ2v) is 10.1. The zero-order valence-corrected chi connectivity index (χ0v) is 16.5. The van der Waals surface area contributed by atoms with Crippen LogP contribution in [0.4, 0.5) is 0 Å². The Bertz CT molecular complexity index is 680. The molecular formula is C19H30N2O3S. The molecule has 0 bridgehead atoms. The Hall–Kier alpha value is -1.40. The van der Waals surface area contributed by atoms with Gasteiger partial charge in [-0.1, -0.05) is 51.1 Å². The second kappa shape index (κ2) is 7.87. The third kappa shape index (κ3) is 5.28. The predicted molar refractivity (Wildman–Crippen MR) is 101 cm³/mol. The highest BCUT2D eigenvalue weighted by Gasteiger charge is 2.34. The molecule has 0 radical (unpaired) electrons. The molecular weight excluding hydrogens is 336 g/mol. The zero-order chi connectivity index (χ0) is 18.7. The van der Waals surface area contributed by atoms with E-state index in [9.17, 15) is 13.2 Å². The number of likely N-dealkylation sites (N-methyl/N-ethyl adjacent to an activating group) is 1. The normalized spacial score (nSPS) is 21.0. The lowest BCUT2D eigenvalue weighted by atomic mass is 9.82.